The van der Waals surface area contributed by atoms with Gasteiger partial charge in [-0.15, -0.1) is 0 Å². The van der Waals surface area contributed by atoms with Gasteiger partial charge in [-0.1, -0.05) is 195 Å². The Morgan fingerprint density at radius 1 is 0.508 bits per heavy atom. The minimum absolute atomic E-state index is 0.171. The SMILES string of the molecule is CCCCCCCCC(CCCCCCCC)OC=O.CCCCCCCCCCCCCCN(CCCCCCCC)c1c(NCCCN(C)C)c(=O)c1=O.O=CO. The summed E-state index contributed by atoms with van der Waals surface area (Å²) in [5, 5.41) is 10.2. The molecule has 348 valence electrons. The average molecular weight is 836 g/mol. The Bertz CT molecular complexity index is 1070. The Labute approximate surface area is 364 Å². The molecule has 9 nitrogen and oxygen atoms in total. The number of hydrogen-bond acceptors (Lipinski definition) is 8. The number of unbranched alkanes of at least 4 members (excludes halogenated alkanes) is 26. The van der Waals surface area contributed by atoms with Crippen molar-refractivity contribution in [2.75, 3.05) is 50.5 Å². The van der Waals surface area contributed by atoms with Crippen LogP contribution in [0.4, 0.5) is 11.4 Å². The lowest BCUT2D eigenvalue weighted by molar-refractivity contribution is -0.134. The van der Waals surface area contributed by atoms with Crippen LogP contribution in [0.5, 0.6) is 0 Å². The van der Waals surface area contributed by atoms with E-state index in [0.717, 1.165) is 58.3 Å². The fourth-order valence-electron chi connectivity index (χ4n) is 7.68. The van der Waals surface area contributed by atoms with Crippen LogP contribution in [0.1, 0.15) is 240 Å². The zero-order valence-electron chi connectivity index (χ0n) is 39.8. The average Bonchev–Trinajstić information content (AvgIpc) is 3.22. The summed E-state index contributed by atoms with van der Waals surface area (Å²) in [6, 6.07) is 0. The Morgan fingerprint density at radius 3 is 1.19 bits per heavy atom. The quantitative estimate of drug-likeness (QED) is 0.0377. The number of rotatable bonds is 42. The molecule has 0 amide bonds. The van der Waals surface area contributed by atoms with E-state index in [9.17, 15) is 14.4 Å². The number of carboxylic acid groups (broad SMARTS) is 1. The van der Waals surface area contributed by atoms with E-state index in [0.29, 0.717) is 17.8 Å². The van der Waals surface area contributed by atoms with Crippen LogP contribution in [-0.2, 0) is 14.3 Å². The number of ether oxygens (including phenoxy) is 1. The van der Waals surface area contributed by atoms with Gasteiger partial charge in [0, 0.05) is 19.6 Å². The van der Waals surface area contributed by atoms with E-state index in [2.05, 4.69) is 56.9 Å². The molecule has 0 atom stereocenters. The van der Waals surface area contributed by atoms with Crippen LogP contribution in [0.15, 0.2) is 9.59 Å². The third-order valence-corrected chi connectivity index (χ3v) is 11.4. The number of carbonyl (C=O) groups excluding carboxylic acids is 1. The molecule has 0 aliphatic rings. The molecule has 0 saturated carbocycles. The highest BCUT2D eigenvalue weighted by Crippen LogP contribution is 2.23. The lowest BCUT2D eigenvalue weighted by Gasteiger charge is -2.28. The van der Waals surface area contributed by atoms with Crippen molar-refractivity contribution in [3.8, 4) is 0 Å². The van der Waals surface area contributed by atoms with E-state index in [-0.39, 0.29) is 23.4 Å². The van der Waals surface area contributed by atoms with Crippen LogP contribution in [0, 0.1) is 0 Å². The minimum Gasteiger partial charge on any atom is -0.483 e. The highest BCUT2D eigenvalue weighted by molar-refractivity contribution is 5.75. The van der Waals surface area contributed by atoms with Gasteiger partial charge in [0.2, 0.25) is 0 Å². The third-order valence-electron chi connectivity index (χ3n) is 11.4. The van der Waals surface area contributed by atoms with Crippen molar-refractivity contribution in [3.05, 3.63) is 20.4 Å². The summed E-state index contributed by atoms with van der Waals surface area (Å²) >= 11 is 0. The van der Waals surface area contributed by atoms with Gasteiger partial charge in [-0.3, -0.25) is 19.2 Å². The molecule has 0 spiro atoms. The molecule has 0 radical (unpaired) electrons. The maximum Gasteiger partial charge on any atom is 0.293 e. The maximum absolute atomic E-state index is 12.5. The molecule has 9 heteroatoms. The number of anilines is 2. The summed E-state index contributed by atoms with van der Waals surface area (Å²) in [7, 11) is 4.11. The molecular weight excluding hydrogens is 739 g/mol. The fraction of sp³-hybridized carbons (Fsp3) is 0.880. The first-order valence-corrected chi connectivity index (χ1v) is 24.9. The first kappa shape index (κ1) is 58.7. The van der Waals surface area contributed by atoms with Crippen molar-refractivity contribution < 1.29 is 19.4 Å². The number of carbonyl (C=O) groups is 2. The summed E-state index contributed by atoms with van der Waals surface area (Å²) in [6.07, 6.45) is 42.3. The van der Waals surface area contributed by atoms with Gasteiger partial charge in [0.15, 0.2) is 0 Å². The van der Waals surface area contributed by atoms with Crippen molar-refractivity contribution in [1.82, 2.24) is 4.90 Å². The van der Waals surface area contributed by atoms with Crippen LogP contribution < -0.4 is 21.1 Å². The maximum atomic E-state index is 12.5. The summed E-state index contributed by atoms with van der Waals surface area (Å²) in [6.45, 7) is 12.9. The van der Waals surface area contributed by atoms with Crippen molar-refractivity contribution in [2.45, 2.75) is 246 Å². The molecule has 0 unspecified atom stereocenters. The second-order valence-corrected chi connectivity index (χ2v) is 17.2. The molecular formula is C50H97N3O6. The summed E-state index contributed by atoms with van der Waals surface area (Å²) in [5.41, 5.74) is 0.637. The molecule has 2 N–H and O–H groups in total. The molecule has 0 heterocycles. The van der Waals surface area contributed by atoms with E-state index < -0.39 is 0 Å². The lowest BCUT2D eigenvalue weighted by Crippen LogP contribution is -2.43. The summed E-state index contributed by atoms with van der Waals surface area (Å²) < 4.78 is 5.22. The first-order chi connectivity index (χ1) is 28.8. The van der Waals surface area contributed by atoms with Crippen LogP contribution in [0.2, 0.25) is 0 Å². The minimum atomic E-state index is -0.322. The predicted octanol–water partition coefficient (Wildman–Crippen LogP) is 13.2. The van der Waals surface area contributed by atoms with Crippen molar-refractivity contribution in [2.24, 2.45) is 0 Å². The second kappa shape index (κ2) is 46.6. The van der Waals surface area contributed by atoms with Gasteiger partial charge in [-0.2, -0.15) is 0 Å². The van der Waals surface area contributed by atoms with E-state index in [1.807, 2.05) is 0 Å². The smallest absolute Gasteiger partial charge is 0.293 e. The number of nitrogens with zero attached hydrogens (tertiary/aromatic N) is 2. The second-order valence-electron chi connectivity index (χ2n) is 17.2. The highest BCUT2D eigenvalue weighted by atomic mass is 16.5. The van der Waals surface area contributed by atoms with Crippen LogP contribution >= 0.6 is 0 Å². The Balaban J connectivity index is 0. The van der Waals surface area contributed by atoms with E-state index in [1.165, 1.54) is 180 Å². The van der Waals surface area contributed by atoms with Crippen molar-refractivity contribution in [3.63, 3.8) is 0 Å². The Morgan fingerprint density at radius 2 is 0.847 bits per heavy atom. The van der Waals surface area contributed by atoms with Gasteiger partial charge in [-0.05, 0) is 65.6 Å². The largest absolute Gasteiger partial charge is 0.483 e. The van der Waals surface area contributed by atoms with Crippen molar-refractivity contribution in [1.29, 1.82) is 0 Å². The van der Waals surface area contributed by atoms with E-state index in [1.54, 1.807) is 0 Å². The topological polar surface area (TPSA) is 116 Å². The number of nitrogens with one attached hydrogen (secondary N) is 1. The van der Waals surface area contributed by atoms with Crippen LogP contribution in [0.25, 0.3) is 0 Å². The normalized spacial score (nSPS) is 11.0. The summed E-state index contributed by atoms with van der Waals surface area (Å²) in [5.74, 6) is 0. The molecule has 0 bridgehead atoms. The third kappa shape index (κ3) is 37.1. The Kier molecular flexibility index (Phi) is 46.4. The van der Waals surface area contributed by atoms with E-state index in [4.69, 9.17) is 14.6 Å². The van der Waals surface area contributed by atoms with E-state index >= 15 is 0 Å². The van der Waals surface area contributed by atoms with Gasteiger partial charge in [0.25, 0.3) is 23.8 Å². The van der Waals surface area contributed by atoms with Crippen LogP contribution in [-0.4, -0.2) is 69.3 Å². The molecule has 0 saturated heterocycles. The fourth-order valence-corrected chi connectivity index (χ4v) is 7.68. The van der Waals surface area contributed by atoms with Gasteiger partial charge in [0.1, 0.15) is 17.5 Å². The van der Waals surface area contributed by atoms with Gasteiger partial charge >= 0.3 is 0 Å². The van der Waals surface area contributed by atoms with Crippen molar-refractivity contribution >= 4 is 24.3 Å². The number of hydrogen-bond donors (Lipinski definition) is 2. The van der Waals surface area contributed by atoms with Gasteiger partial charge < -0.3 is 25.0 Å². The standard InChI is InChI=1S/C31H59N3O2.C18H36O2.CH2O2/c1-5-7-9-11-13-14-15-16-17-18-20-22-27-34(26-21-19-12-10-8-6-2)29-28(30(35)31(29)36)32-24-23-25-33(3)4;1-3-5-7-9-11-13-15-18(20-17-19)16-14-12-10-8-6-4-2;2-1-3/h32H,5-27H2,1-4H3;17-18H,3-16H2,1-2H3;1H,(H,2,3). The molecule has 1 aromatic rings. The molecule has 0 fully saturated rings. The predicted molar refractivity (Wildman–Crippen MR) is 255 cm³/mol. The zero-order valence-corrected chi connectivity index (χ0v) is 39.8. The summed E-state index contributed by atoms with van der Waals surface area (Å²) in [4.78, 5) is 48.1. The van der Waals surface area contributed by atoms with Gasteiger partial charge in [-0.25, -0.2) is 0 Å². The Hall–Kier alpha value is -2.42. The molecule has 59 heavy (non-hydrogen) atoms. The highest BCUT2D eigenvalue weighted by Gasteiger charge is 2.25. The molecule has 0 aliphatic carbocycles. The first-order valence-electron chi connectivity index (χ1n) is 24.9. The molecule has 1 rings (SSSR count). The molecule has 0 aliphatic heterocycles. The monoisotopic (exact) mass is 836 g/mol. The zero-order chi connectivity index (χ0) is 44.0. The molecule has 1 aromatic carbocycles. The van der Waals surface area contributed by atoms with Gasteiger partial charge in [0.05, 0.1) is 0 Å². The molecule has 0 aromatic heterocycles. The van der Waals surface area contributed by atoms with Crippen LogP contribution in [0.3, 0.4) is 0 Å². The lowest BCUT2D eigenvalue weighted by atomic mass is 10.0.